The molecule has 1 aliphatic rings. The van der Waals surface area contributed by atoms with Crippen molar-refractivity contribution >= 4 is 28.2 Å². The van der Waals surface area contributed by atoms with E-state index in [1.54, 1.807) is 13.0 Å². The Labute approximate surface area is 122 Å². The molecule has 2 atom stereocenters. The number of thiophene rings is 1. The van der Waals surface area contributed by atoms with Crippen LogP contribution in [0.15, 0.2) is 6.07 Å². The lowest BCUT2D eigenvalue weighted by Crippen LogP contribution is -2.27. The van der Waals surface area contributed by atoms with Gasteiger partial charge in [-0.05, 0) is 38.8 Å². The molecule has 0 saturated carbocycles. The second kappa shape index (κ2) is 6.37. The first kappa shape index (κ1) is 15.0. The summed E-state index contributed by atoms with van der Waals surface area (Å²) in [5, 5.41) is 3.54. The highest BCUT2D eigenvalue weighted by Gasteiger charge is 2.31. The number of carbonyl (C=O) groups is 2. The number of ether oxygens (including phenoxy) is 2. The fraction of sp³-hybridized carbons (Fsp3) is 0.571. The van der Waals surface area contributed by atoms with Crippen molar-refractivity contribution in [3.05, 3.63) is 16.5 Å². The molecule has 2 unspecified atom stereocenters. The van der Waals surface area contributed by atoms with Crippen molar-refractivity contribution in [2.75, 3.05) is 18.5 Å². The zero-order valence-electron chi connectivity index (χ0n) is 11.9. The molecule has 2 heterocycles. The molecule has 1 amide bonds. The maximum atomic E-state index is 12.1. The summed E-state index contributed by atoms with van der Waals surface area (Å²) in [5.74, 6) is -0.511. The summed E-state index contributed by atoms with van der Waals surface area (Å²) in [6.07, 6.45) is 0.683. The summed E-state index contributed by atoms with van der Waals surface area (Å²) in [5.41, 5.74) is 0.819. The zero-order valence-corrected chi connectivity index (χ0v) is 12.7. The van der Waals surface area contributed by atoms with E-state index in [1.165, 1.54) is 11.3 Å². The van der Waals surface area contributed by atoms with Gasteiger partial charge in [0.25, 0.3) is 0 Å². The highest BCUT2D eigenvalue weighted by Crippen LogP contribution is 2.29. The number of anilines is 1. The molecule has 0 spiro atoms. The van der Waals surface area contributed by atoms with E-state index in [9.17, 15) is 9.59 Å². The average molecular weight is 297 g/mol. The molecule has 0 radical (unpaired) electrons. The molecule has 0 bridgehead atoms. The number of hydrogen-bond donors (Lipinski definition) is 1. The highest BCUT2D eigenvalue weighted by atomic mass is 32.1. The van der Waals surface area contributed by atoms with E-state index < -0.39 is 0 Å². The number of esters is 1. The van der Waals surface area contributed by atoms with E-state index in [4.69, 9.17) is 9.47 Å². The molecule has 1 aromatic heterocycles. The summed E-state index contributed by atoms with van der Waals surface area (Å²) < 4.78 is 10.4. The molecule has 1 N–H and O–H groups in total. The molecule has 0 aromatic carbocycles. The van der Waals surface area contributed by atoms with Crippen molar-refractivity contribution in [2.24, 2.45) is 5.92 Å². The fourth-order valence-corrected chi connectivity index (χ4v) is 3.20. The molecular formula is C14H19NO4S. The topological polar surface area (TPSA) is 64.6 Å². The lowest BCUT2D eigenvalue weighted by Gasteiger charge is -2.12. The number of amides is 1. The lowest BCUT2D eigenvalue weighted by atomic mass is 10.0. The summed E-state index contributed by atoms with van der Waals surface area (Å²) in [4.78, 5) is 24.4. The van der Waals surface area contributed by atoms with Crippen molar-refractivity contribution in [3.8, 4) is 0 Å². The standard InChI is InChI=1S/C14H19NO4S/c1-4-18-14(17)12-8(2)7-11(20-12)15-13(16)10-5-6-19-9(10)3/h7,9-10H,4-6H2,1-3H3,(H,15,16). The number of carbonyl (C=O) groups excluding carboxylic acids is 2. The van der Waals surface area contributed by atoms with Crippen LogP contribution in [0, 0.1) is 12.8 Å². The normalized spacial score (nSPS) is 21.8. The van der Waals surface area contributed by atoms with Crippen molar-refractivity contribution in [3.63, 3.8) is 0 Å². The molecule has 5 nitrogen and oxygen atoms in total. The molecule has 0 aliphatic carbocycles. The van der Waals surface area contributed by atoms with Crippen LogP contribution < -0.4 is 5.32 Å². The van der Waals surface area contributed by atoms with Crippen molar-refractivity contribution < 1.29 is 19.1 Å². The van der Waals surface area contributed by atoms with Crippen LogP contribution in [0.4, 0.5) is 5.00 Å². The monoisotopic (exact) mass is 297 g/mol. The Morgan fingerprint density at radius 1 is 1.55 bits per heavy atom. The second-order valence-electron chi connectivity index (χ2n) is 4.80. The minimum atomic E-state index is -0.340. The fourth-order valence-electron chi connectivity index (χ4n) is 2.23. The minimum Gasteiger partial charge on any atom is -0.462 e. The van der Waals surface area contributed by atoms with E-state index in [1.807, 2.05) is 13.8 Å². The maximum Gasteiger partial charge on any atom is 0.348 e. The number of aryl methyl sites for hydroxylation is 1. The second-order valence-corrected chi connectivity index (χ2v) is 5.86. The van der Waals surface area contributed by atoms with Crippen LogP contribution in [0.1, 0.15) is 35.5 Å². The Balaban J connectivity index is 2.05. The van der Waals surface area contributed by atoms with Gasteiger partial charge in [-0.1, -0.05) is 0 Å². The molecule has 1 aliphatic heterocycles. The van der Waals surface area contributed by atoms with Crippen LogP contribution in [-0.2, 0) is 14.3 Å². The maximum absolute atomic E-state index is 12.1. The van der Waals surface area contributed by atoms with Gasteiger partial charge in [-0.25, -0.2) is 4.79 Å². The quantitative estimate of drug-likeness (QED) is 0.868. The van der Waals surface area contributed by atoms with E-state index in [0.29, 0.717) is 23.1 Å². The summed E-state index contributed by atoms with van der Waals surface area (Å²) in [7, 11) is 0. The highest BCUT2D eigenvalue weighted by molar-refractivity contribution is 7.18. The first-order valence-corrected chi connectivity index (χ1v) is 7.54. The van der Waals surface area contributed by atoms with Gasteiger partial charge in [0, 0.05) is 6.61 Å². The van der Waals surface area contributed by atoms with Gasteiger partial charge in [0.15, 0.2) is 0 Å². The van der Waals surface area contributed by atoms with Gasteiger partial charge >= 0.3 is 5.97 Å². The van der Waals surface area contributed by atoms with Gasteiger partial charge in [0.05, 0.1) is 23.6 Å². The molecule has 20 heavy (non-hydrogen) atoms. The molecular weight excluding hydrogens is 278 g/mol. The van der Waals surface area contributed by atoms with Crippen LogP contribution >= 0.6 is 11.3 Å². The van der Waals surface area contributed by atoms with Gasteiger partial charge in [0.1, 0.15) is 4.88 Å². The zero-order chi connectivity index (χ0) is 14.7. The number of hydrogen-bond acceptors (Lipinski definition) is 5. The van der Waals surface area contributed by atoms with Crippen molar-refractivity contribution in [1.82, 2.24) is 0 Å². The van der Waals surface area contributed by atoms with Gasteiger partial charge < -0.3 is 14.8 Å². The predicted molar refractivity (Wildman–Crippen MR) is 77.2 cm³/mol. The molecule has 110 valence electrons. The SMILES string of the molecule is CCOC(=O)c1sc(NC(=O)C2CCOC2C)cc1C. The smallest absolute Gasteiger partial charge is 0.348 e. The summed E-state index contributed by atoms with van der Waals surface area (Å²) >= 11 is 1.25. The van der Waals surface area contributed by atoms with Gasteiger partial charge in [0.2, 0.25) is 5.91 Å². The minimum absolute atomic E-state index is 0.0494. The lowest BCUT2D eigenvalue weighted by molar-refractivity contribution is -0.121. The molecule has 2 rings (SSSR count). The van der Waals surface area contributed by atoms with Crippen LogP contribution in [0.5, 0.6) is 0 Å². The van der Waals surface area contributed by atoms with Crippen LogP contribution in [0.2, 0.25) is 0 Å². The molecule has 1 fully saturated rings. The average Bonchev–Trinajstić information content (AvgIpc) is 2.96. The van der Waals surface area contributed by atoms with Crippen LogP contribution in [0.3, 0.4) is 0 Å². The van der Waals surface area contributed by atoms with Gasteiger partial charge in [-0.3, -0.25) is 4.79 Å². The number of rotatable bonds is 4. The predicted octanol–water partition coefficient (Wildman–Crippen LogP) is 2.60. The Kier molecular flexibility index (Phi) is 4.77. The van der Waals surface area contributed by atoms with Crippen molar-refractivity contribution in [1.29, 1.82) is 0 Å². The molecule has 1 saturated heterocycles. The van der Waals surface area contributed by atoms with Crippen LogP contribution in [-0.4, -0.2) is 31.2 Å². The van der Waals surface area contributed by atoms with E-state index in [0.717, 1.165) is 12.0 Å². The van der Waals surface area contributed by atoms with Gasteiger partial charge in [-0.15, -0.1) is 11.3 Å². The molecule has 1 aromatic rings. The Bertz CT molecular complexity index is 511. The third-order valence-corrected chi connectivity index (χ3v) is 4.47. The molecule has 6 heteroatoms. The van der Waals surface area contributed by atoms with E-state index in [-0.39, 0.29) is 23.9 Å². The van der Waals surface area contributed by atoms with E-state index in [2.05, 4.69) is 5.32 Å². The largest absolute Gasteiger partial charge is 0.462 e. The Hall–Kier alpha value is -1.40. The van der Waals surface area contributed by atoms with Gasteiger partial charge in [-0.2, -0.15) is 0 Å². The third kappa shape index (κ3) is 3.19. The summed E-state index contributed by atoms with van der Waals surface area (Å²) in [6.45, 7) is 6.47. The third-order valence-electron chi connectivity index (χ3n) is 3.34. The Morgan fingerprint density at radius 3 is 2.90 bits per heavy atom. The van der Waals surface area contributed by atoms with Crippen LogP contribution in [0.25, 0.3) is 0 Å². The summed E-state index contributed by atoms with van der Waals surface area (Å²) in [6, 6.07) is 1.80. The van der Waals surface area contributed by atoms with Crippen molar-refractivity contribution in [2.45, 2.75) is 33.3 Å². The van der Waals surface area contributed by atoms with E-state index >= 15 is 0 Å². The first-order valence-electron chi connectivity index (χ1n) is 6.73. The first-order chi connectivity index (χ1) is 9.52. The number of nitrogens with one attached hydrogen (secondary N) is 1. The Morgan fingerprint density at radius 2 is 2.30 bits per heavy atom.